The predicted octanol–water partition coefficient (Wildman–Crippen LogP) is 2.61. The lowest BCUT2D eigenvalue weighted by molar-refractivity contribution is 0.0831. The van der Waals surface area contributed by atoms with Gasteiger partial charge in [0.25, 0.3) is 11.8 Å². The molecule has 1 aromatic heterocycles. The van der Waals surface area contributed by atoms with Crippen LogP contribution in [0.5, 0.6) is 0 Å². The van der Waals surface area contributed by atoms with Crippen LogP contribution in [0.2, 0.25) is 0 Å². The number of hydrogen-bond donors (Lipinski definition) is 3. The van der Waals surface area contributed by atoms with E-state index in [9.17, 15) is 14.4 Å². The Morgan fingerprint density at radius 1 is 0.654 bits per heavy atom. The number of benzene rings is 2. The molecule has 3 aromatic rings. The normalized spacial score (nSPS) is 10.0. The highest BCUT2D eigenvalue weighted by atomic mass is 16.3. The molecule has 7 heteroatoms. The Labute approximate surface area is 149 Å². The van der Waals surface area contributed by atoms with Crippen LogP contribution in [0, 0.1) is 0 Å². The van der Waals surface area contributed by atoms with Gasteiger partial charge < -0.3 is 9.73 Å². The third-order valence-electron chi connectivity index (χ3n) is 3.48. The van der Waals surface area contributed by atoms with E-state index in [1.165, 1.54) is 24.5 Å². The summed E-state index contributed by atoms with van der Waals surface area (Å²) in [4.78, 5) is 35.8. The fourth-order valence-corrected chi connectivity index (χ4v) is 2.15. The van der Waals surface area contributed by atoms with Gasteiger partial charge in [0.2, 0.25) is 0 Å². The number of carbonyl (C=O) groups is 3. The van der Waals surface area contributed by atoms with Gasteiger partial charge in [-0.1, -0.05) is 18.2 Å². The minimum absolute atomic E-state index is 0.0873. The van der Waals surface area contributed by atoms with Gasteiger partial charge in [-0.25, -0.2) is 0 Å². The second kappa shape index (κ2) is 7.80. The number of nitrogens with one attached hydrogen (secondary N) is 3. The molecule has 0 saturated carbocycles. The van der Waals surface area contributed by atoms with Crippen molar-refractivity contribution in [2.24, 2.45) is 0 Å². The lowest BCUT2D eigenvalue weighted by Gasteiger charge is -2.08. The predicted molar refractivity (Wildman–Crippen MR) is 94.5 cm³/mol. The second-order valence-corrected chi connectivity index (χ2v) is 5.28. The Bertz CT molecular complexity index is 904. The summed E-state index contributed by atoms with van der Waals surface area (Å²) in [5.74, 6) is -1.21. The number of hydrogen-bond acceptors (Lipinski definition) is 4. The van der Waals surface area contributed by atoms with Crippen molar-refractivity contribution in [3.63, 3.8) is 0 Å². The number of rotatable bonds is 4. The van der Waals surface area contributed by atoms with Crippen LogP contribution >= 0.6 is 0 Å². The molecule has 3 amide bonds. The summed E-state index contributed by atoms with van der Waals surface area (Å²) < 4.78 is 4.92. The highest BCUT2D eigenvalue weighted by Crippen LogP contribution is 2.11. The number of furan rings is 1. The summed E-state index contributed by atoms with van der Waals surface area (Å²) in [6.07, 6.45) is 1.36. The van der Waals surface area contributed by atoms with Crippen LogP contribution in [0.3, 0.4) is 0 Å². The van der Waals surface area contributed by atoms with Crippen LogP contribution in [0.4, 0.5) is 5.69 Å². The van der Waals surface area contributed by atoms with E-state index in [2.05, 4.69) is 16.2 Å². The molecule has 1 heterocycles. The molecule has 0 aliphatic heterocycles. The molecule has 3 rings (SSSR count). The van der Waals surface area contributed by atoms with E-state index in [-0.39, 0.29) is 11.7 Å². The van der Waals surface area contributed by atoms with Gasteiger partial charge in [0.15, 0.2) is 5.76 Å². The summed E-state index contributed by atoms with van der Waals surface area (Å²) in [5.41, 5.74) is 5.95. The smallest absolute Gasteiger partial charge is 0.305 e. The van der Waals surface area contributed by atoms with Gasteiger partial charge >= 0.3 is 5.91 Å². The average molecular weight is 349 g/mol. The summed E-state index contributed by atoms with van der Waals surface area (Å²) in [5, 5.41) is 2.74. The van der Waals surface area contributed by atoms with E-state index in [0.717, 1.165) is 0 Å². The van der Waals surface area contributed by atoms with Crippen molar-refractivity contribution >= 4 is 23.4 Å². The van der Waals surface area contributed by atoms with E-state index < -0.39 is 11.8 Å². The van der Waals surface area contributed by atoms with Gasteiger partial charge in [-0.3, -0.25) is 25.2 Å². The molecule has 2 aromatic carbocycles. The van der Waals surface area contributed by atoms with E-state index in [1.54, 1.807) is 42.5 Å². The third-order valence-corrected chi connectivity index (χ3v) is 3.48. The molecular weight excluding hydrogens is 334 g/mol. The topological polar surface area (TPSA) is 100 Å². The van der Waals surface area contributed by atoms with Crippen molar-refractivity contribution in [1.29, 1.82) is 0 Å². The molecule has 0 unspecified atom stereocenters. The van der Waals surface area contributed by atoms with E-state index in [0.29, 0.717) is 16.8 Å². The Kier molecular flexibility index (Phi) is 5.09. The summed E-state index contributed by atoms with van der Waals surface area (Å²) in [7, 11) is 0. The van der Waals surface area contributed by atoms with Crippen LogP contribution in [0.1, 0.15) is 31.3 Å². The maximum absolute atomic E-state index is 12.1. The van der Waals surface area contributed by atoms with Crippen molar-refractivity contribution in [1.82, 2.24) is 10.9 Å². The van der Waals surface area contributed by atoms with Crippen LogP contribution < -0.4 is 16.2 Å². The Morgan fingerprint density at radius 3 is 1.96 bits per heavy atom. The highest BCUT2D eigenvalue weighted by Gasteiger charge is 2.11. The zero-order valence-corrected chi connectivity index (χ0v) is 13.6. The molecule has 0 fully saturated rings. The van der Waals surface area contributed by atoms with Gasteiger partial charge in [-0.05, 0) is 48.5 Å². The Balaban J connectivity index is 1.56. The van der Waals surface area contributed by atoms with Crippen molar-refractivity contribution in [2.45, 2.75) is 0 Å². The minimum Gasteiger partial charge on any atom is -0.459 e. The molecule has 0 spiro atoms. The lowest BCUT2D eigenvalue weighted by atomic mass is 10.1. The Hall–Kier alpha value is -3.87. The van der Waals surface area contributed by atoms with E-state index >= 15 is 0 Å². The minimum atomic E-state index is -0.560. The number of carbonyl (C=O) groups excluding carboxylic acids is 3. The van der Waals surface area contributed by atoms with Gasteiger partial charge in [0.1, 0.15) is 0 Å². The van der Waals surface area contributed by atoms with Crippen LogP contribution in [-0.4, -0.2) is 17.7 Å². The van der Waals surface area contributed by atoms with Gasteiger partial charge in [0.05, 0.1) is 6.26 Å². The fourth-order valence-electron chi connectivity index (χ4n) is 2.15. The lowest BCUT2D eigenvalue weighted by Crippen LogP contribution is -2.41. The SMILES string of the molecule is O=C(NNC(=O)c1ccco1)c1ccc(NC(=O)c2ccccc2)cc1. The summed E-state index contributed by atoms with van der Waals surface area (Å²) in [6, 6.07) is 18.1. The van der Waals surface area contributed by atoms with Crippen LogP contribution in [0.15, 0.2) is 77.4 Å². The monoisotopic (exact) mass is 349 g/mol. The number of anilines is 1. The first-order chi connectivity index (χ1) is 12.6. The zero-order valence-electron chi connectivity index (χ0n) is 13.6. The van der Waals surface area contributed by atoms with Gasteiger partial charge in [0, 0.05) is 16.8 Å². The fraction of sp³-hybridized carbons (Fsp3) is 0. The van der Waals surface area contributed by atoms with Gasteiger partial charge in [-0.2, -0.15) is 0 Å². The first-order valence-electron chi connectivity index (χ1n) is 7.74. The average Bonchev–Trinajstić information content (AvgIpc) is 3.22. The second-order valence-electron chi connectivity index (χ2n) is 5.28. The molecule has 0 atom stereocenters. The van der Waals surface area contributed by atoms with Crippen molar-refractivity contribution in [3.05, 3.63) is 89.9 Å². The number of amides is 3. The first kappa shape index (κ1) is 17.0. The quantitative estimate of drug-likeness (QED) is 0.630. The Morgan fingerprint density at radius 2 is 1.31 bits per heavy atom. The highest BCUT2D eigenvalue weighted by molar-refractivity contribution is 6.04. The molecule has 0 aliphatic rings. The molecule has 7 nitrogen and oxygen atoms in total. The molecule has 0 aliphatic carbocycles. The third kappa shape index (κ3) is 4.15. The van der Waals surface area contributed by atoms with E-state index in [4.69, 9.17) is 4.42 Å². The summed E-state index contributed by atoms with van der Waals surface area (Å²) in [6.45, 7) is 0. The van der Waals surface area contributed by atoms with Crippen molar-refractivity contribution in [3.8, 4) is 0 Å². The molecule has 0 saturated heterocycles. The van der Waals surface area contributed by atoms with E-state index in [1.807, 2.05) is 6.07 Å². The molecule has 3 N–H and O–H groups in total. The van der Waals surface area contributed by atoms with Crippen molar-refractivity contribution < 1.29 is 18.8 Å². The standard InChI is InChI=1S/C19H15N3O4/c23-17(13-5-2-1-3-6-13)20-15-10-8-14(9-11-15)18(24)21-22-19(25)16-7-4-12-26-16/h1-12H,(H,20,23)(H,21,24)(H,22,25). The first-order valence-corrected chi connectivity index (χ1v) is 7.74. The summed E-state index contributed by atoms with van der Waals surface area (Å²) >= 11 is 0. The van der Waals surface area contributed by atoms with Crippen molar-refractivity contribution in [2.75, 3.05) is 5.32 Å². The van der Waals surface area contributed by atoms with Gasteiger partial charge in [-0.15, -0.1) is 0 Å². The maximum Gasteiger partial charge on any atom is 0.305 e. The molecular formula is C19H15N3O4. The molecule has 130 valence electrons. The maximum atomic E-state index is 12.1. The van der Waals surface area contributed by atoms with Crippen LogP contribution in [0.25, 0.3) is 0 Å². The number of hydrazine groups is 1. The zero-order chi connectivity index (χ0) is 18.4. The largest absolute Gasteiger partial charge is 0.459 e. The molecule has 0 radical (unpaired) electrons. The van der Waals surface area contributed by atoms with Crippen LogP contribution in [-0.2, 0) is 0 Å². The molecule has 0 bridgehead atoms. The molecule has 26 heavy (non-hydrogen) atoms.